The highest BCUT2D eigenvalue weighted by Crippen LogP contribution is 2.48. The fourth-order valence-electron chi connectivity index (χ4n) is 5.04. The first-order chi connectivity index (χ1) is 16.4. The first kappa shape index (κ1) is 21.4. The molecule has 6 rings (SSSR count). The molecule has 1 N–H and O–H groups in total. The lowest BCUT2D eigenvalue weighted by atomic mass is 10.1. The minimum Gasteiger partial charge on any atom is -0.349 e. The van der Waals surface area contributed by atoms with E-state index in [4.69, 9.17) is 0 Å². The number of halogens is 1. The quantitative estimate of drug-likeness (QED) is 0.448. The van der Waals surface area contributed by atoms with E-state index >= 15 is 0 Å². The van der Waals surface area contributed by atoms with Crippen molar-refractivity contribution in [3.8, 4) is 10.4 Å². The molecule has 0 spiro atoms. The van der Waals surface area contributed by atoms with Crippen LogP contribution in [0.5, 0.6) is 0 Å². The topological polar surface area (TPSA) is 79.6 Å². The van der Waals surface area contributed by atoms with Gasteiger partial charge in [0, 0.05) is 24.2 Å². The van der Waals surface area contributed by atoms with Crippen LogP contribution in [0.1, 0.15) is 44.5 Å². The van der Waals surface area contributed by atoms with E-state index in [0.29, 0.717) is 40.0 Å². The van der Waals surface area contributed by atoms with Gasteiger partial charge >= 0.3 is 0 Å². The van der Waals surface area contributed by atoms with Crippen molar-refractivity contribution in [1.82, 2.24) is 24.6 Å². The van der Waals surface area contributed by atoms with Gasteiger partial charge in [0.25, 0.3) is 11.8 Å². The Morgan fingerprint density at radius 2 is 2.09 bits per heavy atom. The van der Waals surface area contributed by atoms with E-state index in [1.54, 1.807) is 16.5 Å². The van der Waals surface area contributed by atoms with Gasteiger partial charge in [-0.3, -0.25) is 14.0 Å². The molecule has 4 aromatic rings. The number of aryl methyl sites for hydroxylation is 2. The summed E-state index contributed by atoms with van der Waals surface area (Å²) in [6.45, 7) is 4.05. The first-order valence-corrected chi connectivity index (χ1v) is 12.9. The summed E-state index contributed by atoms with van der Waals surface area (Å²) in [5.41, 5.74) is 2.23. The molecule has 3 aromatic heterocycles. The van der Waals surface area contributed by atoms with Crippen LogP contribution in [-0.4, -0.2) is 49.7 Å². The smallest absolute Gasteiger partial charge is 0.274 e. The van der Waals surface area contributed by atoms with Crippen molar-refractivity contribution in [1.29, 1.82) is 0 Å². The van der Waals surface area contributed by atoms with Crippen molar-refractivity contribution in [3.63, 3.8) is 0 Å². The Hall–Kier alpha value is -3.11. The molecule has 1 aromatic carbocycles. The van der Waals surface area contributed by atoms with E-state index < -0.39 is 0 Å². The second kappa shape index (κ2) is 7.99. The highest BCUT2D eigenvalue weighted by Gasteiger charge is 2.54. The van der Waals surface area contributed by atoms with E-state index in [1.807, 2.05) is 30.3 Å². The van der Waals surface area contributed by atoms with E-state index in [0.717, 1.165) is 22.8 Å². The van der Waals surface area contributed by atoms with Gasteiger partial charge < -0.3 is 10.2 Å². The fraction of sp³-hybridized carbons (Fsp3) is 0.333. The van der Waals surface area contributed by atoms with Gasteiger partial charge in [0.1, 0.15) is 17.2 Å². The minimum atomic E-state index is -0.346. The van der Waals surface area contributed by atoms with Crippen LogP contribution in [0.3, 0.4) is 0 Å². The fourth-order valence-corrected chi connectivity index (χ4v) is 6.71. The van der Waals surface area contributed by atoms with Crippen LogP contribution in [0.4, 0.5) is 4.39 Å². The summed E-state index contributed by atoms with van der Waals surface area (Å²) < 4.78 is 15.7. The van der Waals surface area contributed by atoms with E-state index in [-0.39, 0.29) is 29.7 Å². The predicted octanol–water partition coefficient (Wildman–Crippen LogP) is 4.31. The maximum Gasteiger partial charge on any atom is 0.274 e. The van der Waals surface area contributed by atoms with Crippen molar-refractivity contribution < 1.29 is 14.0 Å². The molecule has 10 heteroatoms. The molecular weight excluding hydrogens is 473 g/mol. The maximum atomic E-state index is 13.9. The molecule has 7 nitrogen and oxygen atoms in total. The number of piperidine rings is 1. The minimum absolute atomic E-state index is 0.103. The van der Waals surface area contributed by atoms with Crippen LogP contribution in [0.25, 0.3) is 15.4 Å². The second-order valence-corrected chi connectivity index (χ2v) is 11.0. The maximum absolute atomic E-state index is 13.9. The number of imidazole rings is 1. The zero-order valence-corrected chi connectivity index (χ0v) is 20.3. The molecule has 34 heavy (non-hydrogen) atoms. The van der Waals surface area contributed by atoms with Crippen LogP contribution in [-0.2, 0) is 0 Å². The molecule has 2 amide bonds. The van der Waals surface area contributed by atoms with Crippen LogP contribution >= 0.6 is 22.7 Å². The van der Waals surface area contributed by atoms with Gasteiger partial charge in [0.05, 0.1) is 21.6 Å². The third-order valence-corrected chi connectivity index (χ3v) is 8.39. The number of carbonyl (C=O) groups excluding carboxylic acids is 2. The lowest BCUT2D eigenvalue weighted by molar-refractivity contribution is 0.0684. The molecule has 174 valence electrons. The number of benzene rings is 1. The monoisotopic (exact) mass is 495 g/mol. The Morgan fingerprint density at radius 3 is 2.91 bits per heavy atom. The number of carbonyl (C=O) groups is 2. The number of aromatic nitrogens is 3. The molecule has 0 unspecified atom stereocenters. The summed E-state index contributed by atoms with van der Waals surface area (Å²) in [7, 11) is 0. The van der Waals surface area contributed by atoms with Crippen molar-refractivity contribution in [2.24, 2.45) is 5.92 Å². The van der Waals surface area contributed by atoms with Gasteiger partial charge in [0.15, 0.2) is 4.96 Å². The van der Waals surface area contributed by atoms with Crippen molar-refractivity contribution in [3.05, 3.63) is 63.7 Å². The number of likely N-dealkylation sites (tertiary alicyclic amines) is 1. The van der Waals surface area contributed by atoms with Gasteiger partial charge in [-0.15, -0.1) is 22.7 Å². The molecule has 0 bridgehead atoms. The highest BCUT2D eigenvalue weighted by molar-refractivity contribution is 7.15. The Balaban J connectivity index is 1.24. The number of amides is 2. The third-order valence-electron chi connectivity index (χ3n) is 6.62. The zero-order valence-electron chi connectivity index (χ0n) is 18.6. The number of nitrogens with one attached hydrogen (secondary N) is 1. The Kier molecular flexibility index (Phi) is 5.03. The summed E-state index contributed by atoms with van der Waals surface area (Å²) in [4.78, 5) is 39.0. The van der Waals surface area contributed by atoms with Crippen molar-refractivity contribution in [2.75, 3.05) is 6.54 Å². The van der Waals surface area contributed by atoms with Gasteiger partial charge in [-0.1, -0.05) is 12.1 Å². The Morgan fingerprint density at radius 1 is 1.24 bits per heavy atom. The molecule has 4 heterocycles. The number of fused-ring (bicyclic) bond motifs is 2. The summed E-state index contributed by atoms with van der Waals surface area (Å²) in [5.74, 6) is -0.223. The largest absolute Gasteiger partial charge is 0.349 e. The molecule has 3 atom stereocenters. The molecule has 2 aliphatic rings. The lowest BCUT2D eigenvalue weighted by Crippen LogP contribution is -2.45. The van der Waals surface area contributed by atoms with Crippen LogP contribution in [0.15, 0.2) is 35.8 Å². The van der Waals surface area contributed by atoms with Gasteiger partial charge in [-0.25, -0.2) is 14.4 Å². The highest BCUT2D eigenvalue weighted by atomic mass is 32.1. The van der Waals surface area contributed by atoms with Crippen LogP contribution in [0.2, 0.25) is 0 Å². The van der Waals surface area contributed by atoms with Crippen molar-refractivity contribution in [2.45, 2.75) is 38.8 Å². The average molecular weight is 496 g/mol. The number of hydrogen-bond donors (Lipinski definition) is 1. The van der Waals surface area contributed by atoms with Crippen LogP contribution in [0, 0.1) is 25.6 Å². The second-order valence-electron chi connectivity index (χ2n) is 8.90. The first-order valence-electron chi connectivity index (χ1n) is 11.2. The number of rotatable bonds is 5. The summed E-state index contributed by atoms with van der Waals surface area (Å²) >= 11 is 2.88. The Bertz CT molecular complexity index is 1440. The number of hydrogen-bond acceptors (Lipinski definition) is 6. The molecule has 2 fully saturated rings. The predicted molar refractivity (Wildman–Crippen MR) is 129 cm³/mol. The lowest BCUT2D eigenvalue weighted by Gasteiger charge is -2.27. The summed E-state index contributed by atoms with van der Waals surface area (Å²) in [6.07, 6.45) is 3.67. The van der Waals surface area contributed by atoms with Gasteiger partial charge in [0.2, 0.25) is 0 Å². The summed E-state index contributed by atoms with van der Waals surface area (Å²) in [5, 5.41) is 5.69. The number of thiazole rings is 2. The van der Waals surface area contributed by atoms with E-state index in [2.05, 4.69) is 15.3 Å². The van der Waals surface area contributed by atoms with E-state index in [9.17, 15) is 14.0 Å². The van der Waals surface area contributed by atoms with Gasteiger partial charge in [-0.05, 0) is 50.3 Å². The molecule has 1 aliphatic carbocycles. The summed E-state index contributed by atoms with van der Waals surface area (Å²) in [6, 6.07) is 6.34. The molecule has 1 saturated carbocycles. The molecule has 0 radical (unpaired) electrons. The molecule has 1 aliphatic heterocycles. The van der Waals surface area contributed by atoms with Crippen molar-refractivity contribution >= 4 is 39.4 Å². The standard InChI is InChI=1S/C24H22FN5O2S2/c1-12-20(29-6-7-33-24(29)27-12)22(31)26-11-17-9-15-10-18(15)30(17)23(32)19-21(34-13(2)28-19)14-4-3-5-16(25)8-14/h3-8,15,17-18H,9-11H2,1-2H3,(H,26,31)/t15-,17+,18+/m1/s1. The SMILES string of the molecule is Cc1nc(C(=O)N2[C@H](CNC(=O)c3c(C)nc4sccn34)C[C@@H]3C[C@@H]32)c(-c2cccc(F)c2)s1. The molecular formula is C24H22FN5O2S2. The van der Waals surface area contributed by atoms with Gasteiger partial charge in [-0.2, -0.15) is 0 Å². The normalized spacial score (nSPS) is 21.1. The Labute approximate surface area is 203 Å². The third kappa shape index (κ3) is 3.52. The average Bonchev–Trinajstić information content (AvgIpc) is 3.16. The van der Waals surface area contributed by atoms with Crippen LogP contribution < -0.4 is 5.32 Å². The van der Waals surface area contributed by atoms with E-state index in [1.165, 1.54) is 34.8 Å². The number of nitrogens with zero attached hydrogens (tertiary/aromatic N) is 4. The zero-order chi connectivity index (χ0) is 23.6. The molecule has 1 saturated heterocycles.